The van der Waals surface area contributed by atoms with Gasteiger partial charge in [0.1, 0.15) is 0 Å². The molecule has 0 amide bonds. The molecule has 0 saturated heterocycles. The van der Waals surface area contributed by atoms with E-state index in [9.17, 15) is 0 Å². The third-order valence-electron chi connectivity index (χ3n) is 2.03. The lowest BCUT2D eigenvalue weighted by Crippen LogP contribution is -2.07. The summed E-state index contributed by atoms with van der Waals surface area (Å²) in [5.41, 5.74) is 6.84. The smallest absolute Gasteiger partial charge is 0.153 e. The number of hydrogen-bond donors (Lipinski definition) is 1. The second-order valence-electron chi connectivity index (χ2n) is 3.19. The maximum Gasteiger partial charge on any atom is 0.153 e. The van der Waals surface area contributed by atoms with E-state index in [0.29, 0.717) is 0 Å². The van der Waals surface area contributed by atoms with Crippen molar-refractivity contribution in [1.29, 1.82) is 0 Å². The van der Waals surface area contributed by atoms with Crippen LogP contribution in [-0.4, -0.2) is 14.8 Å². The maximum atomic E-state index is 5.78. The van der Waals surface area contributed by atoms with Crippen molar-refractivity contribution in [3.63, 3.8) is 0 Å². The molecule has 14 heavy (non-hydrogen) atoms. The van der Waals surface area contributed by atoms with E-state index in [-0.39, 0.29) is 6.04 Å². The summed E-state index contributed by atoms with van der Waals surface area (Å²) in [5.74, 6) is 0.796. The molecule has 2 N–H and O–H groups in total. The van der Waals surface area contributed by atoms with Gasteiger partial charge in [0.05, 0.1) is 0 Å². The number of aromatic nitrogens is 3. The van der Waals surface area contributed by atoms with E-state index in [1.807, 2.05) is 31.3 Å². The SMILES string of the molecule is CC(N)c1ccnc(-n2cccn2)c1. The van der Waals surface area contributed by atoms with Crippen LogP contribution < -0.4 is 5.73 Å². The minimum Gasteiger partial charge on any atom is -0.324 e. The van der Waals surface area contributed by atoms with Gasteiger partial charge >= 0.3 is 0 Å². The Morgan fingerprint density at radius 2 is 2.29 bits per heavy atom. The second-order valence-corrected chi connectivity index (χ2v) is 3.19. The van der Waals surface area contributed by atoms with E-state index in [1.165, 1.54) is 0 Å². The van der Waals surface area contributed by atoms with Gasteiger partial charge in [0.15, 0.2) is 5.82 Å². The fourth-order valence-electron chi connectivity index (χ4n) is 1.25. The van der Waals surface area contributed by atoms with E-state index >= 15 is 0 Å². The first-order chi connectivity index (χ1) is 6.77. The molecule has 2 aromatic heterocycles. The van der Waals surface area contributed by atoms with Gasteiger partial charge in [-0.05, 0) is 30.7 Å². The summed E-state index contributed by atoms with van der Waals surface area (Å²) in [4.78, 5) is 4.21. The van der Waals surface area contributed by atoms with Gasteiger partial charge in [-0.3, -0.25) is 0 Å². The van der Waals surface area contributed by atoms with Crippen LogP contribution in [0.15, 0.2) is 36.8 Å². The van der Waals surface area contributed by atoms with E-state index in [0.717, 1.165) is 11.4 Å². The molecular formula is C10H12N4. The van der Waals surface area contributed by atoms with Gasteiger partial charge in [-0.1, -0.05) is 0 Å². The molecule has 0 aliphatic heterocycles. The van der Waals surface area contributed by atoms with Crippen molar-refractivity contribution in [2.75, 3.05) is 0 Å². The zero-order valence-electron chi connectivity index (χ0n) is 7.96. The van der Waals surface area contributed by atoms with Crippen molar-refractivity contribution in [1.82, 2.24) is 14.8 Å². The molecule has 0 saturated carbocycles. The highest BCUT2D eigenvalue weighted by Gasteiger charge is 2.02. The van der Waals surface area contributed by atoms with E-state index in [4.69, 9.17) is 5.73 Å². The highest BCUT2D eigenvalue weighted by Crippen LogP contribution is 2.11. The van der Waals surface area contributed by atoms with Gasteiger partial charge in [0.25, 0.3) is 0 Å². The summed E-state index contributed by atoms with van der Waals surface area (Å²) in [6.07, 6.45) is 5.32. The number of nitrogens with two attached hydrogens (primary N) is 1. The topological polar surface area (TPSA) is 56.7 Å². The molecule has 0 aliphatic carbocycles. The molecule has 4 heteroatoms. The molecule has 1 atom stereocenters. The zero-order chi connectivity index (χ0) is 9.97. The van der Waals surface area contributed by atoms with Gasteiger partial charge in [-0.25, -0.2) is 9.67 Å². The summed E-state index contributed by atoms with van der Waals surface area (Å²) in [5, 5.41) is 4.10. The summed E-state index contributed by atoms with van der Waals surface area (Å²) >= 11 is 0. The first kappa shape index (κ1) is 8.90. The van der Waals surface area contributed by atoms with E-state index in [2.05, 4.69) is 10.1 Å². The molecule has 0 radical (unpaired) electrons. The third kappa shape index (κ3) is 1.65. The molecule has 1 unspecified atom stereocenters. The number of hydrogen-bond acceptors (Lipinski definition) is 3. The molecule has 4 nitrogen and oxygen atoms in total. The fraction of sp³-hybridized carbons (Fsp3) is 0.200. The lowest BCUT2D eigenvalue weighted by Gasteiger charge is -2.06. The van der Waals surface area contributed by atoms with Crippen LogP contribution in [0.25, 0.3) is 5.82 Å². The largest absolute Gasteiger partial charge is 0.324 e. The van der Waals surface area contributed by atoms with Crippen molar-refractivity contribution in [3.05, 3.63) is 42.4 Å². The quantitative estimate of drug-likeness (QED) is 0.772. The Kier molecular flexibility index (Phi) is 2.28. The Morgan fingerprint density at radius 3 is 2.93 bits per heavy atom. The zero-order valence-corrected chi connectivity index (χ0v) is 7.96. The first-order valence-electron chi connectivity index (χ1n) is 4.49. The summed E-state index contributed by atoms with van der Waals surface area (Å²) in [7, 11) is 0. The van der Waals surface area contributed by atoms with Crippen LogP contribution >= 0.6 is 0 Å². The maximum absolute atomic E-state index is 5.78. The number of rotatable bonds is 2. The second kappa shape index (κ2) is 3.59. The average molecular weight is 188 g/mol. The van der Waals surface area contributed by atoms with Gasteiger partial charge in [0, 0.05) is 24.6 Å². The van der Waals surface area contributed by atoms with Crippen LogP contribution in [0.1, 0.15) is 18.5 Å². The van der Waals surface area contributed by atoms with Crippen LogP contribution in [0.4, 0.5) is 0 Å². The van der Waals surface area contributed by atoms with Crippen LogP contribution in [-0.2, 0) is 0 Å². The number of pyridine rings is 1. The molecule has 0 bridgehead atoms. The molecule has 72 valence electrons. The molecular weight excluding hydrogens is 176 g/mol. The van der Waals surface area contributed by atoms with Crippen molar-refractivity contribution in [2.45, 2.75) is 13.0 Å². The Bertz CT molecular complexity index is 406. The average Bonchev–Trinajstić information content (AvgIpc) is 2.71. The summed E-state index contributed by atoms with van der Waals surface area (Å²) < 4.78 is 1.71. The molecule has 2 heterocycles. The van der Waals surface area contributed by atoms with Crippen LogP contribution in [0.2, 0.25) is 0 Å². The normalized spacial score (nSPS) is 12.7. The molecule has 0 spiro atoms. The van der Waals surface area contributed by atoms with E-state index in [1.54, 1.807) is 17.1 Å². The minimum atomic E-state index is 0.0207. The molecule has 0 aromatic carbocycles. The van der Waals surface area contributed by atoms with Crippen molar-refractivity contribution in [3.8, 4) is 5.82 Å². The lowest BCUT2D eigenvalue weighted by atomic mass is 10.1. The summed E-state index contributed by atoms with van der Waals surface area (Å²) in [6, 6.07) is 5.74. The van der Waals surface area contributed by atoms with Gasteiger partial charge in [-0.15, -0.1) is 0 Å². The Hall–Kier alpha value is -1.68. The lowest BCUT2D eigenvalue weighted by molar-refractivity contribution is 0.796. The first-order valence-corrected chi connectivity index (χ1v) is 4.49. The van der Waals surface area contributed by atoms with Crippen LogP contribution in [0, 0.1) is 0 Å². The predicted octanol–water partition coefficient (Wildman–Crippen LogP) is 1.29. The van der Waals surface area contributed by atoms with Crippen LogP contribution in [0.3, 0.4) is 0 Å². The van der Waals surface area contributed by atoms with Crippen molar-refractivity contribution in [2.24, 2.45) is 5.73 Å². The monoisotopic (exact) mass is 188 g/mol. The molecule has 2 aromatic rings. The van der Waals surface area contributed by atoms with Crippen molar-refractivity contribution < 1.29 is 0 Å². The highest BCUT2D eigenvalue weighted by atomic mass is 15.3. The predicted molar refractivity (Wildman–Crippen MR) is 54.0 cm³/mol. The Labute approximate surface area is 82.4 Å². The Morgan fingerprint density at radius 1 is 1.43 bits per heavy atom. The summed E-state index contributed by atoms with van der Waals surface area (Å²) in [6.45, 7) is 1.95. The molecule has 0 fully saturated rings. The van der Waals surface area contributed by atoms with Crippen LogP contribution in [0.5, 0.6) is 0 Å². The third-order valence-corrected chi connectivity index (χ3v) is 2.03. The molecule has 0 aliphatic rings. The standard InChI is InChI=1S/C10H12N4/c1-8(11)9-3-5-12-10(7-9)14-6-2-4-13-14/h2-8H,11H2,1H3. The minimum absolute atomic E-state index is 0.0207. The van der Waals surface area contributed by atoms with Gasteiger partial charge in [-0.2, -0.15) is 5.10 Å². The fourth-order valence-corrected chi connectivity index (χ4v) is 1.25. The number of nitrogens with zero attached hydrogens (tertiary/aromatic N) is 3. The molecule has 2 rings (SSSR count). The van der Waals surface area contributed by atoms with E-state index < -0.39 is 0 Å². The highest BCUT2D eigenvalue weighted by molar-refractivity contribution is 5.28. The van der Waals surface area contributed by atoms with Crippen molar-refractivity contribution >= 4 is 0 Å². The van der Waals surface area contributed by atoms with Gasteiger partial charge in [0.2, 0.25) is 0 Å². The Balaban J connectivity index is 2.41. The van der Waals surface area contributed by atoms with Gasteiger partial charge < -0.3 is 5.73 Å².